The second-order valence-corrected chi connectivity index (χ2v) is 4.83. The quantitative estimate of drug-likeness (QED) is 0.714. The molecule has 0 aromatic carbocycles. The SMILES string of the molecule is COCCC1(C(=O)O)CC=CC(C)(C(=O)O)C1. The molecule has 0 aromatic rings. The molecule has 5 heteroatoms. The fourth-order valence-corrected chi connectivity index (χ4v) is 2.28. The van der Waals surface area contributed by atoms with Crippen molar-refractivity contribution in [2.45, 2.75) is 26.2 Å². The van der Waals surface area contributed by atoms with Crippen LogP contribution in [0.15, 0.2) is 12.2 Å². The summed E-state index contributed by atoms with van der Waals surface area (Å²) in [4.78, 5) is 22.6. The molecule has 17 heavy (non-hydrogen) atoms. The third-order valence-corrected chi connectivity index (χ3v) is 3.43. The van der Waals surface area contributed by atoms with Crippen molar-refractivity contribution >= 4 is 11.9 Å². The lowest BCUT2D eigenvalue weighted by molar-refractivity contribution is -0.157. The van der Waals surface area contributed by atoms with Crippen LogP contribution < -0.4 is 0 Å². The Morgan fingerprint density at radius 1 is 1.35 bits per heavy atom. The van der Waals surface area contributed by atoms with Gasteiger partial charge in [-0.1, -0.05) is 12.2 Å². The number of hydrogen-bond donors (Lipinski definition) is 2. The molecule has 0 radical (unpaired) electrons. The van der Waals surface area contributed by atoms with Gasteiger partial charge in [-0.2, -0.15) is 0 Å². The summed E-state index contributed by atoms with van der Waals surface area (Å²) in [7, 11) is 1.50. The zero-order chi connectivity index (χ0) is 13.1. The van der Waals surface area contributed by atoms with Crippen LogP contribution in [0.3, 0.4) is 0 Å². The Labute approximate surface area is 100 Å². The van der Waals surface area contributed by atoms with Gasteiger partial charge in [-0.25, -0.2) is 0 Å². The van der Waals surface area contributed by atoms with Gasteiger partial charge in [0.2, 0.25) is 0 Å². The van der Waals surface area contributed by atoms with Crippen LogP contribution in [0.5, 0.6) is 0 Å². The van der Waals surface area contributed by atoms with Gasteiger partial charge < -0.3 is 14.9 Å². The lowest BCUT2D eigenvalue weighted by Crippen LogP contribution is -2.42. The van der Waals surface area contributed by atoms with Gasteiger partial charge in [0.25, 0.3) is 0 Å². The molecule has 0 saturated heterocycles. The molecule has 2 unspecified atom stereocenters. The molecule has 2 atom stereocenters. The van der Waals surface area contributed by atoms with Gasteiger partial charge in [0.15, 0.2) is 0 Å². The first-order valence-electron chi connectivity index (χ1n) is 5.50. The van der Waals surface area contributed by atoms with E-state index in [4.69, 9.17) is 9.84 Å². The first-order valence-corrected chi connectivity index (χ1v) is 5.50. The zero-order valence-corrected chi connectivity index (χ0v) is 10.1. The Morgan fingerprint density at radius 2 is 2.00 bits per heavy atom. The fraction of sp³-hybridized carbons (Fsp3) is 0.667. The third-order valence-electron chi connectivity index (χ3n) is 3.43. The van der Waals surface area contributed by atoms with Crippen molar-refractivity contribution in [3.63, 3.8) is 0 Å². The third kappa shape index (κ3) is 2.66. The minimum Gasteiger partial charge on any atom is -0.481 e. The Balaban J connectivity index is 2.98. The molecule has 5 nitrogen and oxygen atoms in total. The van der Waals surface area contributed by atoms with Gasteiger partial charge in [-0.15, -0.1) is 0 Å². The van der Waals surface area contributed by atoms with Crippen LogP contribution in [0.4, 0.5) is 0 Å². The van der Waals surface area contributed by atoms with E-state index in [1.54, 1.807) is 19.1 Å². The number of methoxy groups -OCH3 is 1. The number of ether oxygens (including phenoxy) is 1. The lowest BCUT2D eigenvalue weighted by Gasteiger charge is -2.38. The van der Waals surface area contributed by atoms with E-state index >= 15 is 0 Å². The number of aliphatic carboxylic acids is 2. The van der Waals surface area contributed by atoms with Crippen LogP contribution in [0, 0.1) is 10.8 Å². The van der Waals surface area contributed by atoms with Gasteiger partial charge in [0.05, 0.1) is 10.8 Å². The predicted octanol–water partition coefficient (Wildman–Crippen LogP) is 1.53. The molecular formula is C12H18O5. The summed E-state index contributed by atoms with van der Waals surface area (Å²) in [5.74, 6) is -1.94. The molecule has 96 valence electrons. The van der Waals surface area contributed by atoms with Crippen LogP contribution >= 0.6 is 0 Å². The highest BCUT2D eigenvalue weighted by molar-refractivity contribution is 5.81. The van der Waals surface area contributed by atoms with Crippen LogP contribution in [-0.4, -0.2) is 35.9 Å². The molecule has 0 aromatic heterocycles. The van der Waals surface area contributed by atoms with E-state index in [2.05, 4.69) is 0 Å². The van der Waals surface area contributed by atoms with Gasteiger partial charge in [0.1, 0.15) is 0 Å². The number of carboxylic acid groups (broad SMARTS) is 2. The molecule has 0 saturated carbocycles. The zero-order valence-electron chi connectivity index (χ0n) is 10.1. The summed E-state index contributed by atoms with van der Waals surface area (Å²) in [6.07, 6.45) is 4.02. The average Bonchev–Trinajstić information content (AvgIpc) is 2.26. The maximum Gasteiger partial charge on any atom is 0.313 e. The summed E-state index contributed by atoms with van der Waals surface area (Å²) >= 11 is 0. The highest BCUT2D eigenvalue weighted by Gasteiger charge is 2.48. The van der Waals surface area contributed by atoms with Crippen molar-refractivity contribution in [3.8, 4) is 0 Å². The highest BCUT2D eigenvalue weighted by atomic mass is 16.5. The molecule has 0 fully saturated rings. The largest absolute Gasteiger partial charge is 0.481 e. The summed E-state index contributed by atoms with van der Waals surface area (Å²) < 4.78 is 4.91. The van der Waals surface area contributed by atoms with E-state index in [1.807, 2.05) is 0 Å². The Hall–Kier alpha value is -1.36. The summed E-state index contributed by atoms with van der Waals surface area (Å²) in [5, 5.41) is 18.5. The van der Waals surface area contributed by atoms with Crippen molar-refractivity contribution < 1.29 is 24.5 Å². The van der Waals surface area contributed by atoms with Gasteiger partial charge in [0, 0.05) is 13.7 Å². The van der Waals surface area contributed by atoms with Gasteiger partial charge in [-0.05, 0) is 26.2 Å². The molecule has 2 N–H and O–H groups in total. The second kappa shape index (κ2) is 4.87. The highest BCUT2D eigenvalue weighted by Crippen LogP contribution is 2.45. The van der Waals surface area contributed by atoms with Gasteiger partial charge in [-0.3, -0.25) is 9.59 Å². The molecule has 0 heterocycles. The summed E-state index contributed by atoms with van der Waals surface area (Å²) in [6.45, 7) is 1.87. The average molecular weight is 242 g/mol. The smallest absolute Gasteiger partial charge is 0.313 e. The van der Waals surface area contributed by atoms with Crippen molar-refractivity contribution in [2.75, 3.05) is 13.7 Å². The maximum absolute atomic E-state index is 11.4. The van der Waals surface area contributed by atoms with E-state index in [0.29, 0.717) is 19.4 Å². The Kier molecular flexibility index (Phi) is 3.93. The minimum absolute atomic E-state index is 0.102. The number of allylic oxidation sites excluding steroid dienone is 1. The fourth-order valence-electron chi connectivity index (χ4n) is 2.28. The standard InChI is InChI=1S/C12H18O5/c1-11(9(13)14)4-3-5-12(8-11,10(15)16)6-7-17-2/h3-4H,5-8H2,1-2H3,(H,13,14)(H,15,16). The topological polar surface area (TPSA) is 83.8 Å². The lowest BCUT2D eigenvalue weighted by atomic mass is 9.65. The first-order chi connectivity index (χ1) is 7.86. The van der Waals surface area contributed by atoms with Crippen LogP contribution in [0.2, 0.25) is 0 Å². The second-order valence-electron chi connectivity index (χ2n) is 4.83. The Bertz CT molecular complexity index is 349. The molecule has 1 rings (SSSR count). The number of carboxylic acids is 2. The molecule has 0 spiro atoms. The van der Waals surface area contributed by atoms with Crippen molar-refractivity contribution in [3.05, 3.63) is 12.2 Å². The van der Waals surface area contributed by atoms with E-state index < -0.39 is 22.8 Å². The van der Waals surface area contributed by atoms with Crippen molar-refractivity contribution in [1.29, 1.82) is 0 Å². The van der Waals surface area contributed by atoms with Crippen LogP contribution in [0.25, 0.3) is 0 Å². The predicted molar refractivity (Wildman–Crippen MR) is 60.7 cm³/mol. The van der Waals surface area contributed by atoms with Gasteiger partial charge >= 0.3 is 11.9 Å². The normalized spacial score (nSPS) is 32.4. The number of carbonyl (C=O) groups is 2. The van der Waals surface area contributed by atoms with E-state index in [9.17, 15) is 14.7 Å². The van der Waals surface area contributed by atoms with Crippen LogP contribution in [-0.2, 0) is 14.3 Å². The minimum atomic E-state index is -1.11. The van der Waals surface area contributed by atoms with Crippen molar-refractivity contribution in [1.82, 2.24) is 0 Å². The number of rotatable bonds is 5. The molecule has 1 aliphatic carbocycles. The van der Waals surface area contributed by atoms with E-state index in [-0.39, 0.29) is 6.42 Å². The van der Waals surface area contributed by atoms with Crippen LogP contribution in [0.1, 0.15) is 26.2 Å². The first kappa shape index (κ1) is 13.7. The molecular weight excluding hydrogens is 224 g/mol. The molecule has 1 aliphatic rings. The maximum atomic E-state index is 11.4. The summed E-state index contributed by atoms with van der Waals surface area (Å²) in [6, 6.07) is 0. The molecule has 0 bridgehead atoms. The molecule has 0 aliphatic heterocycles. The Morgan fingerprint density at radius 3 is 2.47 bits per heavy atom. The van der Waals surface area contributed by atoms with E-state index in [0.717, 1.165) is 0 Å². The number of hydrogen-bond acceptors (Lipinski definition) is 3. The van der Waals surface area contributed by atoms with Crippen molar-refractivity contribution in [2.24, 2.45) is 10.8 Å². The monoisotopic (exact) mass is 242 g/mol. The molecule has 0 amide bonds. The summed E-state index contributed by atoms with van der Waals surface area (Å²) in [5.41, 5.74) is -2.14. The van der Waals surface area contributed by atoms with E-state index in [1.165, 1.54) is 7.11 Å².